The van der Waals surface area contributed by atoms with E-state index in [-0.39, 0.29) is 12.5 Å². The maximum Gasteiger partial charge on any atom is 0.219 e. The van der Waals surface area contributed by atoms with Gasteiger partial charge in [0.15, 0.2) is 0 Å². The quantitative estimate of drug-likeness (QED) is 0.903. The Morgan fingerprint density at radius 3 is 2.58 bits per heavy atom. The van der Waals surface area contributed by atoms with Crippen LogP contribution in [0.3, 0.4) is 0 Å². The van der Waals surface area contributed by atoms with Gasteiger partial charge in [0.05, 0.1) is 13.2 Å². The Hall–Kier alpha value is -1.43. The summed E-state index contributed by atoms with van der Waals surface area (Å²) in [4.78, 5) is 15.9. The molecule has 2 aliphatic heterocycles. The number of nitrogens with zero attached hydrogens (tertiary/aromatic N) is 2. The zero-order valence-electron chi connectivity index (χ0n) is 14.5. The van der Waals surface area contributed by atoms with Gasteiger partial charge in [-0.2, -0.15) is 0 Å². The Morgan fingerprint density at radius 2 is 1.96 bits per heavy atom. The minimum Gasteiger partial charge on any atom is -0.393 e. The molecule has 1 unspecified atom stereocenters. The summed E-state index contributed by atoms with van der Waals surface area (Å²) in [7, 11) is 0. The molecule has 1 atom stereocenters. The van der Waals surface area contributed by atoms with Gasteiger partial charge in [-0.15, -0.1) is 0 Å². The van der Waals surface area contributed by atoms with Crippen LogP contribution in [0.4, 0.5) is 0 Å². The first-order chi connectivity index (χ1) is 11.6. The number of likely N-dealkylation sites (tertiary alicyclic amines) is 1. The molecule has 5 nitrogen and oxygen atoms in total. The number of amides is 1. The van der Waals surface area contributed by atoms with Gasteiger partial charge in [0.25, 0.3) is 0 Å². The van der Waals surface area contributed by atoms with Crippen LogP contribution in [0.15, 0.2) is 30.3 Å². The fourth-order valence-electron chi connectivity index (χ4n) is 3.96. The molecule has 0 bridgehead atoms. The lowest BCUT2D eigenvalue weighted by atomic mass is 9.91. The number of ether oxygens (including phenoxy) is 1. The molecule has 0 aromatic heterocycles. The lowest BCUT2D eigenvalue weighted by molar-refractivity contribution is -0.146. The zero-order chi connectivity index (χ0) is 17.0. The summed E-state index contributed by atoms with van der Waals surface area (Å²) in [5.41, 5.74) is 0.678. The average molecular weight is 332 g/mol. The minimum atomic E-state index is -0.517. The van der Waals surface area contributed by atoms with Crippen molar-refractivity contribution in [3.8, 4) is 0 Å². The van der Waals surface area contributed by atoms with Crippen molar-refractivity contribution in [1.29, 1.82) is 0 Å². The highest BCUT2D eigenvalue weighted by Crippen LogP contribution is 2.27. The monoisotopic (exact) mass is 332 g/mol. The van der Waals surface area contributed by atoms with Crippen LogP contribution in [0.25, 0.3) is 0 Å². The molecule has 0 saturated carbocycles. The molecule has 1 N–H and O–H groups in total. The summed E-state index contributed by atoms with van der Waals surface area (Å²) in [6, 6.07) is 10.7. The van der Waals surface area contributed by atoms with E-state index in [4.69, 9.17) is 4.74 Å². The summed E-state index contributed by atoms with van der Waals surface area (Å²) < 4.78 is 6.04. The van der Waals surface area contributed by atoms with Crippen molar-refractivity contribution in [2.75, 3.05) is 39.4 Å². The van der Waals surface area contributed by atoms with Gasteiger partial charge in [-0.3, -0.25) is 9.69 Å². The Bertz CT molecular complexity index is 543. The topological polar surface area (TPSA) is 53.0 Å². The zero-order valence-corrected chi connectivity index (χ0v) is 14.5. The number of rotatable bonds is 4. The fourth-order valence-corrected chi connectivity index (χ4v) is 3.96. The van der Waals surface area contributed by atoms with Crippen LogP contribution in [0.1, 0.15) is 25.3 Å². The highest BCUT2D eigenvalue weighted by atomic mass is 16.5. The van der Waals surface area contributed by atoms with E-state index >= 15 is 0 Å². The molecule has 1 aromatic carbocycles. The molecule has 24 heavy (non-hydrogen) atoms. The second-order valence-corrected chi connectivity index (χ2v) is 7.06. The van der Waals surface area contributed by atoms with Gasteiger partial charge in [-0.25, -0.2) is 0 Å². The summed E-state index contributed by atoms with van der Waals surface area (Å²) in [6.07, 6.45) is 2.74. The number of carbonyl (C=O) groups is 1. The molecule has 2 saturated heterocycles. The number of aliphatic hydroxyl groups excluding tert-OH is 1. The normalized spacial score (nSPS) is 26.5. The van der Waals surface area contributed by atoms with E-state index in [1.54, 1.807) is 6.92 Å². The fraction of sp³-hybridized carbons (Fsp3) is 0.632. The molecular formula is C19H28N2O3. The summed E-state index contributed by atoms with van der Waals surface area (Å²) in [5, 5.41) is 10.0. The third-order valence-electron chi connectivity index (χ3n) is 5.36. The second-order valence-electron chi connectivity index (χ2n) is 7.06. The van der Waals surface area contributed by atoms with Crippen molar-refractivity contribution in [1.82, 2.24) is 9.80 Å². The molecule has 1 aromatic rings. The van der Waals surface area contributed by atoms with E-state index in [1.165, 1.54) is 5.56 Å². The van der Waals surface area contributed by atoms with Crippen molar-refractivity contribution >= 4 is 5.91 Å². The van der Waals surface area contributed by atoms with Crippen LogP contribution in [-0.2, 0) is 16.0 Å². The molecular weight excluding hydrogens is 304 g/mol. The third-order valence-corrected chi connectivity index (χ3v) is 5.36. The molecule has 2 heterocycles. The standard InChI is InChI=1S/C19H28N2O3/c1-16(23)20-9-7-18(8-10-20)21-11-12-24-19(14-21,15-22)13-17-5-3-2-4-6-17/h2-6,18,22H,7-15H2,1H3. The number of carbonyl (C=O) groups excluding carboxylic acids is 1. The largest absolute Gasteiger partial charge is 0.393 e. The van der Waals surface area contributed by atoms with Crippen molar-refractivity contribution in [3.05, 3.63) is 35.9 Å². The van der Waals surface area contributed by atoms with E-state index < -0.39 is 5.60 Å². The molecule has 1 amide bonds. The second kappa shape index (κ2) is 7.64. The molecule has 2 aliphatic rings. The van der Waals surface area contributed by atoms with Gasteiger partial charge in [0.1, 0.15) is 5.60 Å². The Labute approximate surface area is 144 Å². The van der Waals surface area contributed by atoms with Crippen LogP contribution in [0, 0.1) is 0 Å². The predicted octanol–water partition coefficient (Wildman–Crippen LogP) is 1.30. The van der Waals surface area contributed by atoms with Crippen molar-refractivity contribution < 1.29 is 14.6 Å². The average Bonchev–Trinajstić information content (AvgIpc) is 2.63. The number of morpholine rings is 1. The predicted molar refractivity (Wildman–Crippen MR) is 92.8 cm³/mol. The number of aliphatic hydroxyl groups is 1. The van der Waals surface area contributed by atoms with Gasteiger partial charge in [-0.1, -0.05) is 30.3 Å². The minimum absolute atomic E-state index is 0.0324. The molecule has 2 fully saturated rings. The van der Waals surface area contributed by atoms with E-state index in [0.29, 0.717) is 12.6 Å². The third kappa shape index (κ3) is 3.97. The summed E-state index contributed by atoms with van der Waals surface area (Å²) in [6.45, 7) is 5.66. The van der Waals surface area contributed by atoms with Gasteiger partial charge < -0.3 is 14.7 Å². The van der Waals surface area contributed by atoms with E-state index in [9.17, 15) is 9.90 Å². The van der Waals surface area contributed by atoms with Crippen LogP contribution >= 0.6 is 0 Å². The Balaban J connectivity index is 1.63. The van der Waals surface area contributed by atoms with Crippen LogP contribution in [0.2, 0.25) is 0 Å². The van der Waals surface area contributed by atoms with Gasteiger partial charge >= 0.3 is 0 Å². The van der Waals surface area contributed by atoms with Crippen LogP contribution < -0.4 is 0 Å². The van der Waals surface area contributed by atoms with Gasteiger partial charge in [0.2, 0.25) is 5.91 Å². The highest BCUT2D eigenvalue weighted by Gasteiger charge is 2.39. The maximum absolute atomic E-state index is 11.5. The van der Waals surface area contributed by atoms with Gasteiger partial charge in [0, 0.05) is 45.6 Å². The first-order valence-electron chi connectivity index (χ1n) is 8.90. The lowest BCUT2D eigenvalue weighted by Gasteiger charge is -2.47. The Kier molecular flexibility index (Phi) is 5.54. The molecule has 0 spiro atoms. The molecule has 0 radical (unpaired) electrons. The maximum atomic E-state index is 11.5. The molecule has 0 aliphatic carbocycles. The summed E-state index contributed by atoms with van der Waals surface area (Å²) in [5.74, 6) is 0.171. The summed E-state index contributed by atoms with van der Waals surface area (Å²) >= 11 is 0. The van der Waals surface area contributed by atoms with Gasteiger partial charge in [-0.05, 0) is 18.4 Å². The highest BCUT2D eigenvalue weighted by molar-refractivity contribution is 5.73. The molecule has 3 rings (SSSR count). The first kappa shape index (κ1) is 17.4. The van der Waals surface area contributed by atoms with E-state index in [1.807, 2.05) is 23.1 Å². The number of benzene rings is 1. The van der Waals surface area contributed by atoms with Crippen molar-refractivity contribution in [3.63, 3.8) is 0 Å². The number of piperidine rings is 1. The number of hydrogen-bond acceptors (Lipinski definition) is 4. The lowest BCUT2D eigenvalue weighted by Crippen LogP contribution is -2.59. The van der Waals surface area contributed by atoms with E-state index in [0.717, 1.165) is 45.4 Å². The Morgan fingerprint density at radius 1 is 1.25 bits per heavy atom. The van der Waals surface area contributed by atoms with E-state index in [2.05, 4.69) is 17.0 Å². The number of hydrogen-bond donors (Lipinski definition) is 1. The first-order valence-corrected chi connectivity index (χ1v) is 8.90. The molecule has 132 valence electrons. The molecule has 5 heteroatoms. The SMILES string of the molecule is CC(=O)N1CCC(N2CCOC(CO)(Cc3ccccc3)C2)CC1. The van der Waals surface area contributed by atoms with Crippen molar-refractivity contribution in [2.45, 2.75) is 37.8 Å². The van der Waals surface area contributed by atoms with Crippen LogP contribution in [-0.4, -0.2) is 71.8 Å². The van der Waals surface area contributed by atoms with Crippen LogP contribution in [0.5, 0.6) is 0 Å². The smallest absolute Gasteiger partial charge is 0.219 e. The van der Waals surface area contributed by atoms with Crippen molar-refractivity contribution in [2.24, 2.45) is 0 Å².